The molecule has 0 aliphatic rings. The molecular formula is C21H47NO4Si. The Kier molecular flexibility index (Phi) is 20.8. The molecule has 0 unspecified atom stereocenters. The quantitative estimate of drug-likeness (QED) is 0.188. The first-order chi connectivity index (χ1) is 13.2. The molecule has 0 aromatic carbocycles. The van der Waals surface area contributed by atoms with Crippen molar-refractivity contribution in [2.75, 3.05) is 33.0 Å². The lowest BCUT2D eigenvalue weighted by Gasteiger charge is -2.28. The maximum atomic E-state index is 6.17. The molecule has 0 radical (unpaired) electrons. The van der Waals surface area contributed by atoms with Crippen LogP contribution in [0.4, 0.5) is 0 Å². The van der Waals surface area contributed by atoms with Gasteiger partial charge < -0.3 is 23.4 Å². The number of rotatable bonds is 22. The molecular weight excluding hydrogens is 358 g/mol. The molecule has 5 nitrogen and oxygen atoms in total. The van der Waals surface area contributed by atoms with Crippen molar-refractivity contribution in [1.82, 2.24) is 0 Å². The topological polar surface area (TPSA) is 62.9 Å². The zero-order valence-electron chi connectivity index (χ0n) is 18.4. The molecule has 6 heteroatoms. The lowest BCUT2D eigenvalue weighted by atomic mass is 10.2. The van der Waals surface area contributed by atoms with E-state index in [2.05, 4.69) is 20.8 Å². The van der Waals surface area contributed by atoms with Crippen LogP contribution < -0.4 is 5.73 Å². The number of hydrogen-bond acceptors (Lipinski definition) is 5. The van der Waals surface area contributed by atoms with E-state index in [4.69, 9.17) is 23.4 Å². The van der Waals surface area contributed by atoms with Gasteiger partial charge in [-0.3, -0.25) is 0 Å². The van der Waals surface area contributed by atoms with Gasteiger partial charge in [-0.1, -0.05) is 78.6 Å². The van der Waals surface area contributed by atoms with Crippen molar-refractivity contribution < 1.29 is 17.7 Å². The van der Waals surface area contributed by atoms with Crippen molar-refractivity contribution in [3.8, 4) is 0 Å². The van der Waals surface area contributed by atoms with Crippen molar-refractivity contribution in [1.29, 1.82) is 0 Å². The van der Waals surface area contributed by atoms with Gasteiger partial charge in [0.05, 0.1) is 0 Å². The van der Waals surface area contributed by atoms with E-state index >= 15 is 0 Å². The Hall–Kier alpha value is 0.0169. The van der Waals surface area contributed by atoms with Crippen molar-refractivity contribution >= 4 is 9.05 Å². The van der Waals surface area contributed by atoms with Crippen LogP contribution in [0.25, 0.3) is 0 Å². The summed E-state index contributed by atoms with van der Waals surface area (Å²) in [6.07, 6.45) is 14.8. The minimum atomic E-state index is -3.07. The van der Waals surface area contributed by atoms with Gasteiger partial charge in [0, 0.05) is 26.4 Å². The molecule has 27 heavy (non-hydrogen) atoms. The van der Waals surface area contributed by atoms with Gasteiger partial charge in [-0.2, -0.15) is 0 Å². The van der Waals surface area contributed by atoms with Gasteiger partial charge in [-0.05, 0) is 32.2 Å². The van der Waals surface area contributed by atoms with Crippen molar-refractivity contribution in [3.05, 3.63) is 0 Å². The van der Waals surface area contributed by atoms with Crippen LogP contribution in [0.3, 0.4) is 0 Å². The average molecular weight is 406 g/mol. The summed E-state index contributed by atoms with van der Waals surface area (Å²) in [5.74, 6) is 0. The van der Waals surface area contributed by atoms with Crippen molar-refractivity contribution in [2.45, 2.75) is 104 Å². The highest BCUT2D eigenvalue weighted by molar-refractivity contribution is 6.53. The highest BCUT2D eigenvalue weighted by atomic mass is 28.4. The van der Waals surface area contributed by atoms with Gasteiger partial charge in [0.2, 0.25) is 0 Å². The Bertz CT molecular complexity index is 259. The highest BCUT2D eigenvalue weighted by Gasteiger charge is 2.45. The van der Waals surface area contributed by atoms with Gasteiger partial charge >= 0.3 is 9.05 Å². The minimum Gasteiger partial charge on any atom is -0.351 e. The summed E-state index contributed by atoms with van der Waals surface area (Å²) >= 11 is 0. The van der Waals surface area contributed by atoms with Gasteiger partial charge in [0.1, 0.15) is 0 Å². The van der Waals surface area contributed by atoms with E-state index in [-0.39, 0.29) is 0 Å². The molecule has 0 saturated carbocycles. The molecule has 0 aliphatic carbocycles. The van der Waals surface area contributed by atoms with E-state index in [0.29, 0.717) is 33.0 Å². The molecule has 0 heterocycles. The van der Waals surface area contributed by atoms with Crippen LogP contribution in [0.5, 0.6) is 0 Å². The number of unbranched alkanes of at least 4 members (excludes halogenated alkanes) is 9. The van der Waals surface area contributed by atoms with Crippen LogP contribution in [0, 0.1) is 0 Å². The monoisotopic (exact) mass is 405 g/mol. The summed E-state index contributed by atoms with van der Waals surface area (Å²) in [5, 5.41) is 0. The predicted octanol–water partition coefficient (Wildman–Crippen LogP) is 5.58. The maximum Gasteiger partial charge on any atom is 0.679 e. The lowest BCUT2D eigenvalue weighted by molar-refractivity contribution is -0.0370. The molecule has 164 valence electrons. The lowest BCUT2D eigenvalue weighted by Crippen LogP contribution is -2.50. The predicted molar refractivity (Wildman–Crippen MR) is 116 cm³/mol. The third-order valence-electron chi connectivity index (χ3n) is 4.46. The standard InChI is InChI=1S/C21H47NO4Si/c1-4-7-10-13-18-23-27(26-21-16-17-22,24-19-14-11-8-5-2)25-20-15-12-9-6-3/h4-22H2,1-3H3. The first kappa shape index (κ1) is 27.0. The smallest absolute Gasteiger partial charge is 0.351 e. The van der Waals surface area contributed by atoms with Crippen LogP contribution >= 0.6 is 0 Å². The Morgan fingerprint density at radius 2 is 0.815 bits per heavy atom. The summed E-state index contributed by atoms with van der Waals surface area (Å²) in [4.78, 5) is 0. The zero-order valence-corrected chi connectivity index (χ0v) is 19.4. The molecule has 0 aromatic rings. The Morgan fingerprint density at radius 3 is 1.11 bits per heavy atom. The Labute approximate surface area is 170 Å². The summed E-state index contributed by atoms with van der Waals surface area (Å²) in [5.41, 5.74) is 5.64. The van der Waals surface area contributed by atoms with Crippen LogP contribution in [-0.4, -0.2) is 42.0 Å². The summed E-state index contributed by atoms with van der Waals surface area (Å²) in [7, 11) is -3.07. The van der Waals surface area contributed by atoms with E-state index in [1.807, 2.05) is 0 Å². The number of hydrogen-bond donors (Lipinski definition) is 1. The normalized spacial score (nSPS) is 12.0. The zero-order chi connectivity index (χ0) is 20.1. The molecule has 0 aliphatic heterocycles. The SMILES string of the molecule is CCCCCCO[Si](OCCCN)(OCCCCCC)OCCCCCC. The first-order valence-electron chi connectivity index (χ1n) is 11.5. The summed E-state index contributed by atoms with van der Waals surface area (Å²) < 4.78 is 24.6. The van der Waals surface area contributed by atoms with E-state index in [0.717, 1.165) is 25.7 Å². The van der Waals surface area contributed by atoms with Crippen molar-refractivity contribution in [2.24, 2.45) is 5.73 Å². The molecule has 0 saturated heterocycles. The van der Waals surface area contributed by atoms with E-state index in [9.17, 15) is 0 Å². The Balaban J connectivity index is 4.61. The van der Waals surface area contributed by atoms with Crippen LogP contribution in [0.15, 0.2) is 0 Å². The largest absolute Gasteiger partial charge is 0.679 e. The second kappa shape index (κ2) is 20.7. The second-order valence-corrected chi connectivity index (χ2v) is 9.37. The molecule has 0 atom stereocenters. The Morgan fingerprint density at radius 1 is 0.481 bits per heavy atom. The van der Waals surface area contributed by atoms with Gasteiger partial charge in [0.15, 0.2) is 0 Å². The fraction of sp³-hybridized carbons (Fsp3) is 1.00. The van der Waals surface area contributed by atoms with E-state index in [1.165, 1.54) is 57.8 Å². The molecule has 0 rings (SSSR count). The van der Waals surface area contributed by atoms with Gasteiger partial charge in [-0.15, -0.1) is 0 Å². The molecule has 0 bridgehead atoms. The molecule has 0 amide bonds. The van der Waals surface area contributed by atoms with E-state index in [1.54, 1.807) is 0 Å². The van der Waals surface area contributed by atoms with Crippen LogP contribution in [0.1, 0.15) is 104 Å². The summed E-state index contributed by atoms with van der Waals surface area (Å²) in [6.45, 7) is 9.75. The average Bonchev–Trinajstić information content (AvgIpc) is 2.67. The van der Waals surface area contributed by atoms with Crippen LogP contribution in [-0.2, 0) is 17.7 Å². The van der Waals surface area contributed by atoms with Gasteiger partial charge in [-0.25, -0.2) is 0 Å². The third kappa shape index (κ3) is 16.7. The first-order valence-corrected chi connectivity index (χ1v) is 13.1. The highest BCUT2D eigenvalue weighted by Crippen LogP contribution is 2.17. The maximum absolute atomic E-state index is 6.17. The molecule has 0 spiro atoms. The van der Waals surface area contributed by atoms with Crippen molar-refractivity contribution in [3.63, 3.8) is 0 Å². The molecule has 2 N–H and O–H groups in total. The minimum absolute atomic E-state index is 0.543. The number of nitrogens with two attached hydrogens (primary N) is 1. The molecule has 0 aromatic heterocycles. The molecule has 0 fully saturated rings. The fourth-order valence-electron chi connectivity index (χ4n) is 2.71. The second-order valence-electron chi connectivity index (χ2n) is 7.22. The fourth-order valence-corrected chi connectivity index (χ4v) is 4.79. The summed E-state index contributed by atoms with van der Waals surface area (Å²) in [6, 6.07) is 0. The third-order valence-corrected chi connectivity index (χ3v) is 6.69. The van der Waals surface area contributed by atoms with Crippen LogP contribution in [0.2, 0.25) is 0 Å². The van der Waals surface area contributed by atoms with E-state index < -0.39 is 9.05 Å². The van der Waals surface area contributed by atoms with Gasteiger partial charge in [0.25, 0.3) is 0 Å².